The SMILES string of the molecule is CCCCn1nc(C)c(/C=C/C(=O)Nc2cc(S(C)(=O)=O)ccc2F)c1Cl. The molecule has 0 saturated carbocycles. The Morgan fingerprint density at radius 1 is 1.41 bits per heavy atom. The maximum Gasteiger partial charge on any atom is 0.248 e. The van der Waals surface area contributed by atoms with E-state index in [-0.39, 0.29) is 10.6 Å². The third-order valence-corrected chi connectivity index (χ3v) is 5.37. The van der Waals surface area contributed by atoms with Gasteiger partial charge >= 0.3 is 0 Å². The quantitative estimate of drug-likeness (QED) is 0.552. The first-order valence-corrected chi connectivity index (χ1v) is 10.6. The molecule has 1 amide bonds. The molecule has 0 radical (unpaired) electrons. The minimum Gasteiger partial charge on any atom is -0.320 e. The van der Waals surface area contributed by atoms with Gasteiger partial charge in [0.25, 0.3) is 0 Å². The van der Waals surface area contributed by atoms with Gasteiger partial charge in [-0.1, -0.05) is 24.9 Å². The van der Waals surface area contributed by atoms with Crippen LogP contribution in [-0.4, -0.2) is 30.4 Å². The minimum absolute atomic E-state index is 0.0840. The van der Waals surface area contributed by atoms with Crippen LogP contribution in [0.2, 0.25) is 5.15 Å². The van der Waals surface area contributed by atoms with Crippen molar-refractivity contribution in [3.8, 4) is 0 Å². The van der Waals surface area contributed by atoms with Crippen molar-refractivity contribution >= 4 is 39.1 Å². The van der Waals surface area contributed by atoms with Crippen molar-refractivity contribution < 1.29 is 17.6 Å². The Labute approximate surface area is 162 Å². The minimum atomic E-state index is -3.51. The zero-order chi connectivity index (χ0) is 20.2. The molecule has 9 heteroatoms. The molecule has 146 valence electrons. The van der Waals surface area contributed by atoms with Crippen LogP contribution in [0.25, 0.3) is 6.08 Å². The van der Waals surface area contributed by atoms with Gasteiger partial charge in [-0.05, 0) is 37.6 Å². The summed E-state index contributed by atoms with van der Waals surface area (Å²) < 4.78 is 38.7. The summed E-state index contributed by atoms with van der Waals surface area (Å²) in [5, 5.41) is 7.10. The number of hydrogen-bond donors (Lipinski definition) is 1. The fraction of sp³-hybridized carbons (Fsp3) is 0.333. The van der Waals surface area contributed by atoms with Crippen LogP contribution < -0.4 is 5.32 Å². The third-order valence-electron chi connectivity index (χ3n) is 3.86. The van der Waals surface area contributed by atoms with Gasteiger partial charge in [0.05, 0.1) is 16.3 Å². The van der Waals surface area contributed by atoms with E-state index in [4.69, 9.17) is 11.6 Å². The Hall–Kier alpha value is -2.19. The van der Waals surface area contributed by atoms with Crippen LogP contribution in [0.15, 0.2) is 29.2 Å². The number of carbonyl (C=O) groups is 1. The molecule has 0 aliphatic heterocycles. The van der Waals surface area contributed by atoms with Crippen LogP contribution in [0.3, 0.4) is 0 Å². The molecule has 1 heterocycles. The van der Waals surface area contributed by atoms with E-state index in [9.17, 15) is 17.6 Å². The van der Waals surface area contributed by atoms with Gasteiger partial charge < -0.3 is 5.32 Å². The fourth-order valence-corrected chi connectivity index (χ4v) is 3.35. The van der Waals surface area contributed by atoms with Crippen LogP contribution in [0.1, 0.15) is 31.0 Å². The van der Waals surface area contributed by atoms with E-state index in [1.807, 2.05) is 0 Å². The van der Waals surface area contributed by atoms with Crippen LogP contribution in [0.5, 0.6) is 0 Å². The second-order valence-corrected chi connectivity index (χ2v) is 8.48. The van der Waals surface area contributed by atoms with Crippen LogP contribution >= 0.6 is 11.6 Å². The van der Waals surface area contributed by atoms with E-state index in [2.05, 4.69) is 17.3 Å². The molecule has 0 atom stereocenters. The van der Waals surface area contributed by atoms with Crippen molar-refractivity contribution in [1.82, 2.24) is 9.78 Å². The van der Waals surface area contributed by atoms with Gasteiger partial charge in [0.2, 0.25) is 5.91 Å². The molecule has 0 fully saturated rings. The van der Waals surface area contributed by atoms with Crippen molar-refractivity contribution in [2.75, 3.05) is 11.6 Å². The first-order valence-electron chi connectivity index (χ1n) is 8.35. The maximum atomic E-state index is 13.9. The van der Waals surface area contributed by atoms with Crippen LogP contribution in [0, 0.1) is 12.7 Å². The van der Waals surface area contributed by atoms with Crippen molar-refractivity contribution in [2.45, 2.75) is 38.1 Å². The molecular weight excluding hydrogens is 393 g/mol. The molecule has 0 saturated heterocycles. The molecule has 0 bridgehead atoms. The van der Waals surface area contributed by atoms with E-state index >= 15 is 0 Å². The second kappa shape index (κ2) is 8.67. The standard InChI is InChI=1S/C18H21ClFN3O3S/c1-4-5-10-23-18(19)14(12(2)22-23)7-9-17(24)21-16-11-13(27(3,25)26)6-8-15(16)20/h6-9,11H,4-5,10H2,1-3H3,(H,21,24)/b9-7+. The number of aromatic nitrogens is 2. The number of unbranched alkanes of at least 4 members (excludes halogenated alkanes) is 1. The lowest BCUT2D eigenvalue weighted by atomic mass is 10.2. The van der Waals surface area contributed by atoms with Gasteiger partial charge in [-0.3, -0.25) is 9.48 Å². The van der Waals surface area contributed by atoms with E-state index in [1.54, 1.807) is 11.6 Å². The van der Waals surface area contributed by atoms with E-state index in [0.717, 1.165) is 37.3 Å². The van der Waals surface area contributed by atoms with E-state index in [0.29, 0.717) is 23.0 Å². The zero-order valence-electron chi connectivity index (χ0n) is 15.3. The predicted octanol–water partition coefficient (Wildman–Crippen LogP) is 3.84. The van der Waals surface area contributed by atoms with Crippen molar-refractivity contribution in [2.24, 2.45) is 0 Å². The van der Waals surface area contributed by atoms with Gasteiger partial charge in [0.15, 0.2) is 9.84 Å². The number of anilines is 1. The van der Waals surface area contributed by atoms with Gasteiger partial charge in [0, 0.05) is 24.4 Å². The van der Waals surface area contributed by atoms with Gasteiger partial charge in [-0.25, -0.2) is 12.8 Å². The molecule has 0 aliphatic carbocycles. The Morgan fingerprint density at radius 2 is 2.11 bits per heavy atom. The first kappa shape index (κ1) is 21.1. The molecule has 0 aliphatic rings. The Bertz CT molecular complexity index is 984. The van der Waals surface area contributed by atoms with Gasteiger partial charge in [0.1, 0.15) is 11.0 Å². The normalized spacial score (nSPS) is 11.9. The molecule has 2 rings (SSSR count). The predicted molar refractivity (Wildman–Crippen MR) is 104 cm³/mol. The number of amides is 1. The van der Waals surface area contributed by atoms with E-state index in [1.165, 1.54) is 12.2 Å². The average Bonchev–Trinajstić information content (AvgIpc) is 2.85. The molecule has 1 aromatic heterocycles. The summed E-state index contributed by atoms with van der Waals surface area (Å²) >= 11 is 6.30. The number of sulfone groups is 1. The van der Waals surface area contributed by atoms with Crippen molar-refractivity contribution in [3.05, 3.63) is 46.5 Å². The second-order valence-electron chi connectivity index (χ2n) is 6.10. The highest BCUT2D eigenvalue weighted by molar-refractivity contribution is 7.90. The molecule has 0 spiro atoms. The summed E-state index contributed by atoms with van der Waals surface area (Å²) in [5.41, 5.74) is 1.06. The lowest BCUT2D eigenvalue weighted by Gasteiger charge is -2.06. The van der Waals surface area contributed by atoms with Crippen LogP contribution in [-0.2, 0) is 21.2 Å². The molecule has 1 aromatic carbocycles. The Balaban J connectivity index is 2.18. The number of aryl methyl sites for hydroxylation is 2. The largest absolute Gasteiger partial charge is 0.320 e. The number of hydrogen-bond acceptors (Lipinski definition) is 4. The Morgan fingerprint density at radius 3 is 2.74 bits per heavy atom. The lowest BCUT2D eigenvalue weighted by molar-refractivity contribution is -0.111. The van der Waals surface area contributed by atoms with E-state index < -0.39 is 21.6 Å². The van der Waals surface area contributed by atoms with Gasteiger partial charge in [-0.2, -0.15) is 5.10 Å². The summed E-state index contributed by atoms with van der Waals surface area (Å²) in [7, 11) is -3.51. The average molecular weight is 414 g/mol. The monoisotopic (exact) mass is 413 g/mol. The Kier molecular flexibility index (Phi) is 6.78. The van der Waals surface area contributed by atoms with Crippen molar-refractivity contribution in [3.63, 3.8) is 0 Å². The van der Waals surface area contributed by atoms with Gasteiger partial charge in [-0.15, -0.1) is 0 Å². The zero-order valence-corrected chi connectivity index (χ0v) is 16.9. The maximum absolute atomic E-state index is 13.9. The fourth-order valence-electron chi connectivity index (χ4n) is 2.38. The number of nitrogens with one attached hydrogen (secondary N) is 1. The number of halogens is 2. The molecule has 1 N–H and O–H groups in total. The summed E-state index contributed by atoms with van der Waals surface area (Å²) in [6.45, 7) is 4.52. The molecule has 27 heavy (non-hydrogen) atoms. The smallest absolute Gasteiger partial charge is 0.248 e. The first-order chi connectivity index (χ1) is 12.6. The number of rotatable bonds is 7. The third kappa shape index (κ3) is 5.40. The molecule has 0 unspecified atom stereocenters. The lowest BCUT2D eigenvalue weighted by Crippen LogP contribution is -2.10. The number of nitrogens with zero attached hydrogens (tertiary/aromatic N) is 2. The highest BCUT2D eigenvalue weighted by Crippen LogP contribution is 2.23. The highest BCUT2D eigenvalue weighted by Gasteiger charge is 2.13. The topological polar surface area (TPSA) is 81.1 Å². The number of carbonyl (C=O) groups excluding carboxylic acids is 1. The highest BCUT2D eigenvalue weighted by atomic mass is 35.5. The number of benzene rings is 1. The summed E-state index contributed by atoms with van der Waals surface area (Å²) in [5.74, 6) is -1.35. The van der Waals surface area contributed by atoms with Crippen molar-refractivity contribution in [1.29, 1.82) is 0 Å². The summed E-state index contributed by atoms with van der Waals surface area (Å²) in [4.78, 5) is 12.0. The molecule has 6 nitrogen and oxygen atoms in total. The summed E-state index contributed by atoms with van der Waals surface area (Å²) in [6, 6.07) is 3.22. The molecule has 2 aromatic rings. The van der Waals surface area contributed by atoms with Crippen LogP contribution in [0.4, 0.5) is 10.1 Å². The molecular formula is C18H21ClFN3O3S. The summed E-state index contributed by atoms with van der Waals surface area (Å²) in [6.07, 6.45) is 5.64.